The normalized spacial score (nSPS) is 10.6. The Morgan fingerprint density at radius 2 is 1.90 bits per heavy atom. The van der Waals surface area contributed by atoms with Crippen LogP contribution in [-0.2, 0) is 22.6 Å². The summed E-state index contributed by atoms with van der Waals surface area (Å²) in [4.78, 5) is 24.7. The Balaban J connectivity index is 1.58. The molecule has 1 N–H and O–H groups in total. The summed E-state index contributed by atoms with van der Waals surface area (Å²) in [6.07, 6.45) is 0. The van der Waals surface area contributed by atoms with Crippen molar-refractivity contribution < 1.29 is 19.1 Å². The molecule has 0 bridgehead atoms. The monoisotopic (exact) mass is 441 g/mol. The van der Waals surface area contributed by atoms with Gasteiger partial charge in [0.25, 0.3) is 5.91 Å². The second-order valence-corrected chi connectivity index (χ2v) is 7.41. The van der Waals surface area contributed by atoms with Crippen LogP contribution in [0.1, 0.15) is 32.9 Å². The van der Waals surface area contributed by atoms with Gasteiger partial charge in [0.2, 0.25) is 0 Å². The van der Waals surface area contributed by atoms with Gasteiger partial charge < -0.3 is 14.8 Å². The molecule has 0 radical (unpaired) electrons. The molecular weight excluding hydrogens is 418 g/mol. The van der Waals surface area contributed by atoms with Crippen LogP contribution in [0.5, 0.6) is 5.75 Å². The molecule has 2 aromatic carbocycles. The number of aromatic nitrogens is 2. The maximum Gasteiger partial charge on any atom is 0.342 e. The molecule has 0 saturated carbocycles. The van der Waals surface area contributed by atoms with Gasteiger partial charge in [-0.3, -0.25) is 9.48 Å². The van der Waals surface area contributed by atoms with E-state index < -0.39 is 11.9 Å². The standard InChI is InChI=1S/C23H24ClN3O4/c1-15-22(16(2)27(26-15)13-18-8-4-5-10-20(18)24)23(29)31-14-21(28)25-12-17-7-6-9-19(11-17)30-3/h4-11H,12-14H2,1-3H3,(H,25,28). The fourth-order valence-corrected chi connectivity index (χ4v) is 3.37. The molecular formula is C23H24ClN3O4. The minimum atomic E-state index is -0.586. The molecule has 0 saturated heterocycles. The van der Waals surface area contributed by atoms with Gasteiger partial charge in [0.05, 0.1) is 25.0 Å². The number of nitrogens with one attached hydrogen (secondary N) is 1. The first-order chi connectivity index (χ1) is 14.9. The van der Waals surface area contributed by atoms with Crippen LogP contribution in [0.4, 0.5) is 0 Å². The van der Waals surface area contributed by atoms with E-state index in [2.05, 4.69) is 10.4 Å². The van der Waals surface area contributed by atoms with Crippen molar-refractivity contribution in [3.63, 3.8) is 0 Å². The highest BCUT2D eigenvalue weighted by molar-refractivity contribution is 6.31. The van der Waals surface area contributed by atoms with E-state index in [9.17, 15) is 9.59 Å². The van der Waals surface area contributed by atoms with Gasteiger partial charge in [-0.25, -0.2) is 4.79 Å². The lowest BCUT2D eigenvalue weighted by Gasteiger charge is -2.09. The zero-order valence-corrected chi connectivity index (χ0v) is 18.4. The van der Waals surface area contributed by atoms with Crippen molar-refractivity contribution in [3.05, 3.63) is 81.6 Å². The molecule has 162 valence electrons. The Hall–Kier alpha value is -3.32. The predicted molar refractivity (Wildman–Crippen MR) is 117 cm³/mol. The molecule has 0 aliphatic heterocycles. The molecule has 3 aromatic rings. The average molecular weight is 442 g/mol. The quantitative estimate of drug-likeness (QED) is 0.539. The first-order valence-corrected chi connectivity index (χ1v) is 10.1. The number of nitrogens with zero attached hydrogens (tertiary/aromatic N) is 2. The van der Waals surface area contributed by atoms with Crippen LogP contribution in [0, 0.1) is 13.8 Å². The zero-order valence-electron chi connectivity index (χ0n) is 17.6. The third-order valence-corrected chi connectivity index (χ3v) is 5.19. The predicted octanol–water partition coefficient (Wildman–Crippen LogP) is 3.68. The second kappa shape index (κ2) is 10.1. The van der Waals surface area contributed by atoms with E-state index in [0.717, 1.165) is 11.1 Å². The van der Waals surface area contributed by atoms with E-state index in [-0.39, 0.29) is 6.61 Å². The molecule has 1 heterocycles. The molecule has 0 unspecified atom stereocenters. The van der Waals surface area contributed by atoms with Crippen LogP contribution in [0.15, 0.2) is 48.5 Å². The lowest BCUT2D eigenvalue weighted by molar-refractivity contribution is -0.124. The van der Waals surface area contributed by atoms with Gasteiger partial charge in [-0.05, 0) is 43.2 Å². The van der Waals surface area contributed by atoms with Crippen molar-refractivity contribution in [2.75, 3.05) is 13.7 Å². The number of aryl methyl sites for hydroxylation is 1. The molecule has 1 aromatic heterocycles. The van der Waals surface area contributed by atoms with Crippen LogP contribution in [0.2, 0.25) is 5.02 Å². The summed E-state index contributed by atoms with van der Waals surface area (Å²) in [5, 5.41) is 7.79. The molecule has 0 aliphatic rings. The van der Waals surface area contributed by atoms with Gasteiger partial charge in [0.1, 0.15) is 11.3 Å². The first-order valence-electron chi connectivity index (χ1n) is 9.73. The first kappa shape index (κ1) is 22.4. The van der Waals surface area contributed by atoms with E-state index in [1.54, 1.807) is 25.6 Å². The number of rotatable bonds is 8. The summed E-state index contributed by atoms with van der Waals surface area (Å²) in [5.74, 6) is -0.273. The van der Waals surface area contributed by atoms with Crippen molar-refractivity contribution >= 4 is 23.5 Å². The Bertz CT molecular complexity index is 1090. The number of ether oxygens (including phenoxy) is 2. The van der Waals surface area contributed by atoms with Gasteiger partial charge in [0, 0.05) is 11.6 Å². The number of esters is 1. The Morgan fingerprint density at radius 1 is 1.13 bits per heavy atom. The number of halogens is 1. The molecule has 8 heteroatoms. The second-order valence-electron chi connectivity index (χ2n) is 7.00. The van der Waals surface area contributed by atoms with Crippen LogP contribution in [0.25, 0.3) is 0 Å². The molecule has 0 fully saturated rings. The number of hydrogen-bond donors (Lipinski definition) is 1. The molecule has 3 rings (SSSR count). The smallest absolute Gasteiger partial charge is 0.342 e. The van der Waals surface area contributed by atoms with Crippen LogP contribution >= 0.6 is 11.6 Å². The summed E-state index contributed by atoms with van der Waals surface area (Å²) in [6, 6.07) is 14.8. The Kier molecular flexibility index (Phi) is 7.31. The highest BCUT2D eigenvalue weighted by Crippen LogP contribution is 2.20. The Labute approximate surface area is 185 Å². The largest absolute Gasteiger partial charge is 0.497 e. The van der Waals surface area contributed by atoms with E-state index in [1.165, 1.54) is 0 Å². The minimum absolute atomic E-state index is 0.307. The molecule has 0 aliphatic carbocycles. The summed E-state index contributed by atoms with van der Waals surface area (Å²) >= 11 is 6.23. The lowest BCUT2D eigenvalue weighted by atomic mass is 10.2. The average Bonchev–Trinajstić information content (AvgIpc) is 3.05. The molecule has 0 spiro atoms. The number of methoxy groups -OCH3 is 1. The fourth-order valence-electron chi connectivity index (χ4n) is 3.17. The molecule has 7 nitrogen and oxygen atoms in total. The molecule has 31 heavy (non-hydrogen) atoms. The van der Waals surface area contributed by atoms with Crippen molar-refractivity contribution in [3.8, 4) is 5.75 Å². The van der Waals surface area contributed by atoms with Gasteiger partial charge in [-0.15, -0.1) is 0 Å². The van der Waals surface area contributed by atoms with Crippen molar-refractivity contribution in [2.45, 2.75) is 26.9 Å². The van der Waals surface area contributed by atoms with Crippen molar-refractivity contribution in [1.82, 2.24) is 15.1 Å². The van der Waals surface area contributed by atoms with Crippen LogP contribution in [-0.4, -0.2) is 35.4 Å². The third kappa shape index (κ3) is 5.64. The summed E-state index contributed by atoms with van der Waals surface area (Å²) in [5.41, 5.74) is 3.32. The number of hydrogen-bond acceptors (Lipinski definition) is 5. The Morgan fingerprint density at radius 3 is 2.65 bits per heavy atom. The van der Waals surface area contributed by atoms with Crippen LogP contribution in [0.3, 0.4) is 0 Å². The van der Waals surface area contributed by atoms with Crippen molar-refractivity contribution in [2.24, 2.45) is 0 Å². The molecule has 0 atom stereocenters. The topological polar surface area (TPSA) is 82.4 Å². The number of carbonyl (C=O) groups excluding carboxylic acids is 2. The van der Waals surface area contributed by atoms with E-state index >= 15 is 0 Å². The van der Waals surface area contributed by atoms with Gasteiger partial charge in [-0.2, -0.15) is 5.10 Å². The van der Waals surface area contributed by atoms with Gasteiger partial charge in [-0.1, -0.05) is 41.9 Å². The van der Waals surface area contributed by atoms with E-state index in [1.807, 2.05) is 48.5 Å². The number of benzene rings is 2. The van der Waals surface area contributed by atoms with E-state index in [4.69, 9.17) is 21.1 Å². The zero-order chi connectivity index (χ0) is 22.4. The van der Waals surface area contributed by atoms with Gasteiger partial charge >= 0.3 is 5.97 Å². The van der Waals surface area contributed by atoms with Crippen molar-refractivity contribution in [1.29, 1.82) is 0 Å². The van der Waals surface area contributed by atoms with E-state index in [0.29, 0.717) is 40.8 Å². The third-order valence-electron chi connectivity index (χ3n) is 4.82. The highest BCUT2D eigenvalue weighted by atomic mass is 35.5. The van der Waals surface area contributed by atoms with Gasteiger partial charge in [0.15, 0.2) is 6.61 Å². The lowest BCUT2D eigenvalue weighted by Crippen LogP contribution is -2.28. The fraction of sp³-hybridized carbons (Fsp3) is 0.261. The highest BCUT2D eigenvalue weighted by Gasteiger charge is 2.21. The number of carbonyl (C=O) groups is 2. The summed E-state index contributed by atoms with van der Waals surface area (Å²) < 4.78 is 12.1. The minimum Gasteiger partial charge on any atom is -0.497 e. The maximum atomic E-state index is 12.6. The summed E-state index contributed by atoms with van der Waals surface area (Å²) in [6.45, 7) is 3.88. The maximum absolute atomic E-state index is 12.6. The SMILES string of the molecule is COc1cccc(CNC(=O)COC(=O)c2c(C)nn(Cc3ccccc3Cl)c2C)c1. The molecule has 1 amide bonds. The summed E-state index contributed by atoms with van der Waals surface area (Å²) in [7, 11) is 1.58. The van der Waals surface area contributed by atoms with Crippen LogP contribution < -0.4 is 10.1 Å². The number of amides is 1.